The maximum Gasteiger partial charge on any atom is 0.251 e. The minimum atomic E-state index is -0.230. The molecule has 2 aromatic rings. The van der Waals surface area contributed by atoms with Crippen molar-refractivity contribution in [2.24, 2.45) is 0 Å². The number of rotatable bonds is 7. The molecule has 0 radical (unpaired) electrons. The molecule has 3 rings (SSSR count). The molecule has 0 bridgehead atoms. The van der Waals surface area contributed by atoms with Gasteiger partial charge in [-0.1, -0.05) is 42.5 Å². The first kappa shape index (κ1) is 15.6. The molecular weight excluding hydrogens is 290 g/mol. The Bertz CT molecular complexity index is 635. The molecule has 1 aliphatic rings. The minimum Gasteiger partial charge on any atom is -0.489 e. The van der Waals surface area contributed by atoms with Crippen molar-refractivity contribution in [3.8, 4) is 5.75 Å². The molecule has 120 valence electrons. The van der Waals surface area contributed by atoms with Gasteiger partial charge in [-0.2, -0.15) is 0 Å². The second-order valence-corrected chi connectivity index (χ2v) is 5.85. The van der Waals surface area contributed by atoms with Crippen LogP contribution >= 0.6 is 0 Å². The summed E-state index contributed by atoms with van der Waals surface area (Å²) in [5.41, 5.74) is 2.32. The van der Waals surface area contributed by atoms with E-state index in [1.54, 1.807) is 0 Å². The molecule has 1 N–H and O–H groups in total. The van der Waals surface area contributed by atoms with Crippen LogP contribution in [0.3, 0.4) is 0 Å². The van der Waals surface area contributed by atoms with Crippen molar-refractivity contribution in [1.29, 1.82) is 0 Å². The van der Waals surface area contributed by atoms with Crippen LogP contribution in [0.1, 0.15) is 18.1 Å². The van der Waals surface area contributed by atoms with Crippen LogP contribution in [-0.4, -0.2) is 24.7 Å². The normalized spacial score (nSPS) is 17.3. The first-order valence-electron chi connectivity index (χ1n) is 7.88. The Morgan fingerprint density at radius 3 is 2.52 bits per heavy atom. The van der Waals surface area contributed by atoms with E-state index in [1.807, 2.05) is 61.5 Å². The molecule has 2 atom stereocenters. The number of carbonyl (C=O) groups excluding carboxylic acids is 1. The molecule has 1 aliphatic heterocycles. The lowest BCUT2D eigenvalue weighted by molar-refractivity contribution is -0.122. The maximum absolute atomic E-state index is 11.6. The van der Waals surface area contributed by atoms with E-state index in [-0.39, 0.29) is 18.1 Å². The summed E-state index contributed by atoms with van der Waals surface area (Å²) in [6.07, 6.45) is 0.559. The molecule has 4 heteroatoms. The van der Waals surface area contributed by atoms with Gasteiger partial charge < -0.3 is 14.8 Å². The van der Waals surface area contributed by atoms with Crippen LogP contribution in [0.5, 0.6) is 5.75 Å². The van der Waals surface area contributed by atoms with Crippen molar-refractivity contribution >= 4 is 5.91 Å². The first-order valence-corrected chi connectivity index (χ1v) is 7.88. The molecular formula is C19H21NO3. The maximum atomic E-state index is 11.6. The second kappa shape index (κ2) is 7.29. The van der Waals surface area contributed by atoms with Crippen LogP contribution in [0.4, 0.5) is 0 Å². The van der Waals surface area contributed by atoms with Gasteiger partial charge in [-0.15, -0.1) is 0 Å². The number of benzene rings is 2. The monoisotopic (exact) mass is 311 g/mol. The summed E-state index contributed by atoms with van der Waals surface area (Å²) in [5.74, 6) is 0.834. The van der Waals surface area contributed by atoms with Crippen LogP contribution in [0.2, 0.25) is 0 Å². The number of hydrogen-bond acceptors (Lipinski definition) is 3. The van der Waals surface area contributed by atoms with E-state index in [2.05, 4.69) is 5.32 Å². The Kier molecular flexibility index (Phi) is 4.93. The fourth-order valence-corrected chi connectivity index (χ4v) is 2.40. The number of ether oxygens (including phenoxy) is 2. The molecule has 0 saturated carbocycles. The average Bonchev–Trinajstić information content (AvgIpc) is 3.40. The molecule has 2 aromatic carbocycles. The van der Waals surface area contributed by atoms with Gasteiger partial charge in [0.2, 0.25) is 0 Å². The zero-order valence-corrected chi connectivity index (χ0v) is 13.2. The predicted octanol–water partition coefficient (Wildman–Crippen LogP) is 2.71. The molecule has 1 heterocycles. The number of hydrogen-bond donors (Lipinski definition) is 1. The van der Waals surface area contributed by atoms with Crippen LogP contribution in [0.25, 0.3) is 0 Å². The zero-order valence-electron chi connectivity index (χ0n) is 13.2. The minimum absolute atomic E-state index is 0.0136. The molecule has 0 aliphatic carbocycles. The van der Waals surface area contributed by atoms with Gasteiger partial charge >= 0.3 is 0 Å². The predicted molar refractivity (Wildman–Crippen MR) is 88.3 cm³/mol. The highest BCUT2D eigenvalue weighted by Crippen LogP contribution is 2.16. The van der Waals surface area contributed by atoms with Crippen LogP contribution in [-0.2, 0) is 22.6 Å². The van der Waals surface area contributed by atoms with Crippen LogP contribution in [0, 0.1) is 0 Å². The largest absolute Gasteiger partial charge is 0.489 e. The number of amides is 1. The van der Waals surface area contributed by atoms with Crippen molar-refractivity contribution in [2.75, 3.05) is 6.61 Å². The van der Waals surface area contributed by atoms with Gasteiger partial charge in [-0.25, -0.2) is 0 Å². The molecule has 1 amide bonds. The quantitative estimate of drug-likeness (QED) is 0.800. The zero-order chi connectivity index (χ0) is 16.1. The average molecular weight is 311 g/mol. The third kappa shape index (κ3) is 4.83. The highest BCUT2D eigenvalue weighted by Gasteiger charge is 2.31. The van der Waals surface area contributed by atoms with Gasteiger partial charge in [0.05, 0.1) is 6.61 Å². The Hall–Kier alpha value is -2.33. The molecule has 1 fully saturated rings. The van der Waals surface area contributed by atoms with Crippen LogP contribution in [0.15, 0.2) is 54.6 Å². The molecule has 23 heavy (non-hydrogen) atoms. The van der Waals surface area contributed by atoms with E-state index < -0.39 is 0 Å². The Labute approximate surface area is 136 Å². The van der Waals surface area contributed by atoms with Gasteiger partial charge in [0, 0.05) is 6.04 Å². The van der Waals surface area contributed by atoms with E-state index in [4.69, 9.17) is 9.47 Å². The lowest BCUT2D eigenvalue weighted by Crippen LogP contribution is -2.36. The summed E-state index contributed by atoms with van der Waals surface area (Å²) < 4.78 is 10.7. The third-order valence-corrected chi connectivity index (χ3v) is 3.73. The fraction of sp³-hybridized carbons (Fsp3) is 0.316. The fourth-order valence-electron chi connectivity index (χ4n) is 2.40. The topological polar surface area (TPSA) is 50.9 Å². The summed E-state index contributed by atoms with van der Waals surface area (Å²) in [7, 11) is 0. The van der Waals surface area contributed by atoms with Crippen molar-refractivity contribution in [3.05, 3.63) is 65.7 Å². The Balaban J connectivity index is 1.47. The van der Waals surface area contributed by atoms with Crippen molar-refractivity contribution in [1.82, 2.24) is 5.32 Å². The van der Waals surface area contributed by atoms with Gasteiger partial charge in [0.1, 0.15) is 12.4 Å². The summed E-state index contributed by atoms with van der Waals surface area (Å²) in [6, 6.07) is 18.2. The standard InChI is InChI=1S/C19H21NO3/c1-14(20-19(21)18-13-23-18)11-15-7-9-17(10-8-15)22-12-16-5-3-2-4-6-16/h2-10,14,18H,11-13H2,1H3,(H,20,21)/t14?,18-/m0/s1. The lowest BCUT2D eigenvalue weighted by Gasteiger charge is -2.13. The number of nitrogens with one attached hydrogen (secondary N) is 1. The molecule has 0 spiro atoms. The van der Waals surface area contributed by atoms with E-state index in [1.165, 1.54) is 5.56 Å². The summed E-state index contributed by atoms with van der Waals surface area (Å²) >= 11 is 0. The molecule has 1 saturated heterocycles. The summed E-state index contributed by atoms with van der Waals surface area (Å²) in [6.45, 7) is 3.11. The molecule has 1 unspecified atom stereocenters. The molecule has 4 nitrogen and oxygen atoms in total. The lowest BCUT2D eigenvalue weighted by atomic mass is 10.1. The Morgan fingerprint density at radius 2 is 1.87 bits per heavy atom. The van der Waals surface area contributed by atoms with Gasteiger partial charge in [-0.05, 0) is 36.6 Å². The van der Waals surface area contributed by atoms with Crippen molar-refractivity contribution in [3.63, 3.8) is 0 Å². The molecule has 0 aromatic heterocycles. The van der Waals surface area contributed by atoms with Crippen molar-refractivity contribution in [2.45, 2.75) is 32.1 Å². The highest BCUT2D eigenvalue weighted by molar-refractivity contribution is 5.83. The second-order valence-electron chi connectivity index (χ2n) is 5.85. The number of carbonyl (C=O) groups is 1. The number of epoxide rings is 1. The van der Waals surface area contributed by atoms with E-state index in [0.29, 0.717) is 13.2 Å². The van der Waals surface area contributed by atoms with Gasteiger partial charge in [0.25, 0.3) is 5.91 Å². The van der Waals surface area contributed by atoms with Gasteiger partial charge in [-0.3, -0.25) is 4.79 Å². The van der Waals surface area contributed by atoms with Crippen molar-refractivity contribution < 1.29 is 14.3 Å². The summed E-state index contributed by atoms with van der Waals surface area (Å²) in [4.78, 5) is 11.6. The Morgan fingerprint density at radius 1 is 1.17 bits per heavy atom. The summed E-state index contributed by atoms with van der Waals surface area (Å²) in [5, 5.41) is 2.96. The van der Waals surface area contributed by atoms with E-state index >= 15 is 0 Å². The van der Waals surface area contributed by atoms with E-state index in [9.17, 15) is 4.79 Å². The highest BCUT2D eigenvalue weighted by atomic mass is 16.6. The van der Waals surface area contributed by atoms with Crippen LogP contribution < -0.4 is 10.1 Å². The van der Waals surface area contributed by atoms with Gasteiger partial charge in [0.15, 0.2) is 6.10 Å². The first-order chi connectivity index (χ1) is 11.2. The van der Waals surface area contributed by atoms with E-state index in [0.717, 1.165) is 17.7 Å². The SMILES string of the molecule is CC(Cc1ccc(OCc2ccccc2)cc1)NC(=O)[C@@H]1CO1. The third-order valence-electron chi connectivity index (χ3n) is 3.73. The smallest absolute Gasteiger partial charge is 0.251 e.